The molecule has 0 amide bonds. The van der Waals surface area contributed by atoms with E-state index in [9.17, 15) is 4.79 Å². The van der Waals surface area contributed by atoms with Crippen LogP contribution in [0.2, 0.25) is 0 Å². The molecule has 0 aliphatic carbocycles. The zero-order valence-corrected chi connectivity index (χ0v) is 9.02. The Kier molecular flexibility index (Phi) is 4.54. The summed E-state index contributed by atoms with van der Waals surface area (Å²) in [6.45, 7) is 8.07. The van der Waals surface area contributed by atoms with E-state index in [1.165, 1.54) is 0 Å². The molecule has 1 rings (SSSR count). The molecule has 0 aliphatic rings. The van der Waals surface area contributed by atoms with Crippen LogP contribution in [0.25, 0.3) is 0 Å². The van der Waals surface area contributed by atoms with Crippen molar-refractivity contribution in [2.45, 2.75) is 6.92 Å². The van der Waals surface area contributed by atoms with Crippen LogP contribution in [-0.2, 0) is 0 Å². The summed E-state index contributed by atoms with van der Waals surface area (Å²) in [5, 5.41) is 0. The molecule has 0 saturated carbocycles. The Hall–Kier alpha value is -1.64. The van der Waals surface area contributed by atoms with Crippen LogP contribution in [0.1, 0.15) is 17.3 Å². The van der Waals surface area contributed by atoms with Gasteiger partial charge in [-0.2, -0.15) is 0 Å². The molecule has 0 fully saturated rings. The zero-order chi connectivity index (χ0) is 11.1. The van der Waals surface area contributed by atoms with Gasteiger partial charge in [0, 0.05) is 24.3 Å². The fraction of sp³-hybridized carbons (Fsp3) is 0.333. The van der Waals surface area contributed by atoms with Crippen molar-refractivity contribution in [3.63, 3.8) is 0 Å². The van der Waals surface area contributed by atoms with Crippen LogP contribution in [0.3, 0.4) is 0 Å². The topological polar surface area (TPSA) is 32.7 Å². The summed E-state index contributed by atoms with van der Waals surface area (Å²) >= 11 is 0. The minimum atomic E-state index is 0.705. The number of hydrogen-bond donors (Lipinski definition) is 0. The molecule has 3 nitrogen and oxygen atoms in total. The monoisotopic (exact) mass is 204 g/mol. The molecule has 0 atom stereocenters. The molecule has 1 aromatic rings. The number of benzene rings is 1. The lowest BCUT2D eigenvalue weighted by molar-refractivity contribution is 0.112. The van der Waals surface area contributed by atoms with E-state index in [0.29, 0.717) is 5.56 Å². The maximum Gasteiger partial charge on any atom is 0.150 e. The average molecular weight is 204 g/mol. The molecule has 3 heteroatoms. The average Bonchev–Trinajstić information content (AvgIpc) is 2.31. The van der Waals surface area contributed by atoms with Crippen molar-refractivity contribution in [1.29, 1.82) is 0 Å². The zero-order valence-electron chi connectivity index (χ0n) is 9.02. The van der Waals surface area contributed by atoms with Crippen molar-refractivity contribution in [2.24, 2.45) is 4.99 Å². The molecule has 0 heterocycles. The number of rotatable bonds is 6. The normalized spacial score (nSPS) is 9.67. The van der Waals surface area contributed by atoms with Gasteiger partial charge in [-0.25, -0.2) is 0 Å². The molecule has 0 aliphatic heterocycles. The van der Waals surface area contributed by atoms with Crippen molar-refractivity contribution in [3.05, 3.63) is 29.8 Å². The highest BCUT2D eigenvalue weighted by Gasteiger charge is 2.02. The van der Waals surface area contributed by atoms with Gasteiger partial charge < -0.3 is 4.90 Å². The first kappa shape index (κ1) is 11.4. The lowest BCUT2D eigenvalue weighted by Crippen LogP contribution is -2.25. The van der Waals surface area contributed by atoms with Crippen molar-refractivity contribution in [1.82, 2.24) is 0 Å². The Morgan fingerprint density at radius 3 is 2.53 bits per heavy atom. The minimum absolute atomic E-state index is 0.705. The van der Waals surface area contributed by atoms with E-state index in [4.69, 9.17) is 0 Å². The van der Waals surface area contributed by atoms with Crippen molar-refractivity contribution < 1.29 is 4.79 Å². The summed E-state index contributed by atoms with van der Waals surface area (Å²) in [7, 11) is 0. The van der Waals surface area contributed by atoms with E-state index in [0.717, 1.165) is 31.6 Å². The van der Waals surface area contributed by atoms with Gasteiger partial charge >= 0.3 is 0 Å². The van der Waals surface area contributed by atoms with Gasteiger partial charge in [0.05, 0.1) is 6.54 Å². The molecule has 0 N–H and O–H groups in total. The molecule has 80 valence electrons. The predicted octanol–water partition coefficient (Wildman–Crippen LogP) is 2.03. The van der Waals surface area contributed by atoms with Gasteiger partial charge in [-0.05, 0) is 37.9 Å². The van der Waals surface area contributed by atoms with Gasteiger partial charge in [-0.1, -0.05) is 0 Å². The van der Waals surface area contributed by atoms with Crippen molar-refractivity contribution in [3.8, 4) is 0 Å². The third-order valence-corrected chi connectivity index (χ3v) is 2.30. The second-order valence-corrected chi connectivity index (χ2v) is 3.24. The molecular weight excluding hydrogens is 188 g/mol. The van der Waals surface area contributed by atoms with E-state index in [-0.39, 0.29) is 0 Å². The fourth-order valence-corrected chi connectivity index (χ4v) is 1.42. The number of hydrogen-bond acceptors (Lipinski definition) is 3. The first-order valence-corrected chi connectivity index (χ1v) is 5.04. The summed E-state index contributed by atoms with van der Waals surface area (Å²) < 4.78 is 0. The molecule has 0 unspecified atom stereocenters. The number of carbonyl (C=O) groups is 1. The van der Waals surface area contributed by atoms with Crippen molar-refractivity contribution in [2.75, 3.05) is 24.5 Å². The van der Waals surface area contributed by atoms with E-state index < -0.39 is 0 Å². The molecule has 1 aromatic carbocycles. The highest BCUT2D eigenvalue weighted by Crippen LogP contribution is 2.13. The fourth-order valence-electron chi connectivity index (χ4n) is 1.42. The number of aldehydes is 1. The predicted molar refractivity (Wildman–Crippen MR) is 64.1 cm³/mol. The SMILES string of the molecule is C=NCCN(CC)c1ccc(C=O)cc1. The summed E-state index contributed by atoms with van der Waals surface area (Å²) in [4.78, 5) is 16.5. The Morgan fingerprint density at radius 1 is 1.40 bits per heavy atom. The van der Waals surface area contributed by atoms with Gasteiger partial charge in [0.2, 0.25) is 0 Å². The van der Waals surface area contributed by atoms with Crippen LogP contribution in [0.4, 0.5) is 5.69 Å². The number of likely N-dealkylation sites (N-methyl/N-ethyl adjacent to an activating group) is 1. The third-order valence-electron chi connectivity index (χ3n) is 2.30. The van der Waals surface area contributed by atoms with Crippen LogP contribution in [-0.4, -0.2) is 32.6 Å². The number of carbonyl (C=O) groups excluding carboxylic acids is 1. The largest absolute Gasteiger partial charge is 0.370 e. The van der Waals surface area contributed by atoms with Crippen LogP contribution in [0, 0.1) is 0 Å². The van der Waals surface area contributed by atoms with Gasteiger partial charge in [0.15, 0.2) is 0 Å². The van der Waals surface area contributed by atoms with Crippen molar-refractivity contribution >= 4 is 18.7 Å². The lowest BCUT2D eigenvalue weighted by atomic mass is 10.2. The third kappa shape index (κ3) is 3.20. The molecule has 0 saturated heterocycles. The Morgan fingerprint density at radius 2 is 2.07 bits per heavy atom. The summed E-state index contributed by atoms with van der Waals surface area (Å²) in [6, 6.07) is 7.56. The molecule has 0 aromatic heterocycles. The van der Waals surface area contributed by atoms with Gasteiger partial charge in [0.1, 0.15) is 6.29 Å². The van der Waals surface area contributed by atoms with E-state index in [1.807, 2.05) is 24.3 Å². The van der Waals surface area contributed by atoms with Gasteiger partial charge in [-0.3, -0.25) is 9.79 Å². The Labute approximate surface area is 90.4 Å². The molecule has 0 radical (unpaired) electrons. The highest BCUT2D eigenvalue weighted by molar-refractivity contribution is 5.75. The molecule has 15 heavy (non-hydrogen) atoms. The van der Waals surface area contributed by atoms with Crippen LogP contribution < -0.4 is 4.90 Å². The second kappa shape index (κ2) is 5.96. The Balaban J connectivity index is 2.73. The lowest BCUT2D eigenvalue weighted by Gasteiger charge is -2.22. The van der Waals surface area contributed by atoms with Crippen LogP contribution in [0.15, 0.2) is 29.3 Å². The highest BCUT2D eigenvalue weighted by atomic mass is 16.1. The van der Waals surface area contributed by atoms with E-state index >= 15 is 0 Å². The summed E-state index contributed by atoms with van der Waals surface area (Å²) in [5.74, 6) is 0. The Bertz CT molecular complexity index is 319. The summed E-state index contributed by atoms with van der Waals surface area (Å²) in [5.41, 5.74) is 1.82. The number of aliphatic imine (C=N–C) groups is 1. The van der Waals surface area contributed by atoms with Gasteiger partial charge in [0.25, 0.3) is 0 Å². The molecular formula is C12H16N2O. The number of anilines is 1. The quantitative estimate of drug-likeness (QED) is 0.524. The first-order chi connectivity index (χ1) is 7.31. The van der Waals surface area contributed by atoms with Crippen LogP contribution in [0.5, 0.6) is 0 Å². The number of nitrogens with zero attached hydrogens (tertiary/aromatic N) is 2. The van der Waals surface area contributed by atoms with E-state index in [1.54, 1.807) is 0 Å². The van der Waals surface area contributed by atoms with Gasteiger partial charge in [-0.15, -0.1) is 0 Å². The maximum atomic E-state index is 10.5. The maximum absolute atomic E-state index is 10.5. The summed E-state index contributed by atoms with van der Waals surface area (Å²) in [6.07, 6.45) is 0.853. The smallest absolute Gasteiger partial charge is 0.150 e. The minimum Gasteiger partial charge on any atom is -0.370 e. The van der Waals surface area contributed by atoms with Crippen LogP contribution >= 0.6 is 0 Å². The molecule has 0 bridgehead atoms. The standard InChI is InChI=1S/C12H16N2O/c1-3-14(9-8-13-2)12-6-4-11(10-15)5-7-12/h4-7,10H,2-3,8-9H2,1H3. The van der Waals surface area contributed by atoms with E-state index in [2.05, 4.69) is 23.5 Å². The second-order valence-electron chi connectivity index (χ2n) is 3.24. The molecule has 0 spiro atoms. The first-order valence-electron chi connectivity index (χ1n) is 5.04.